The molecular formula is C12H16ClNO. The number of fused-ring (bicyclic) bond motifs is 1. The normalized spacial score (nSPS) is 21.6. The summed E-state index contributed by atoms with van der Waals surface area (Å²) in [5.41, 5.74) is 2.40. The first kappa shape index (κ1) is 10.8. The third kappa shape index (κ3) is 1.97. The number of aliphatic hydroxyl groups is 1. The smallest absolute Gasteiger partial charge is 0.0518 e. The van der Waals surface area contributed by atoms with E-state index in [1.165, 1.54) is 11.3 Å². The van der Waals surface area contributed by atoms with Crippen molar-refractivity contribution < 1.29 is 5.11 Å². The van der Waals surface area contributed by atoms with Crippen molar-refractivity contribution in [3.63, 3.8) is 0 Å². The van der Waals surface area contributed by atoms with E-state index in [9.17, 15) is 5.11 Å². The van der Waals surface area contributed by atoms with Crippen LogP contribution < -0.4 is 4.90 Å². The quantitative estimate of drug-likeness (QED) is 0.837. The van der Waals surface area contributed by atoms with E-state index in [1.807, 2.05) is 19.1 Å². The minimum atomic E-state index is -0.273. The Kier molecular flexibility index (Phi) is 2.89. The minimum absolute atomic E-state index is 0.273. The molecule has 0 amide bonds. The molecule has 1 aromatic carbocycles. The van der Waals surface area contributed by atoms with Crippen molar-refractivity contribution in [2.45, 2.75) is 25.4 Å². The fourth-order valence-corrected chi connectivity index (χ4v) is 2.71. The Hall–Kier alpha value is -0.730. The van der Waals surface area contributed by atoms with Crippen LogP contribution in [0.4, 0.5) is 5.69 Å². The number of aliphatic hydroxyl groups excluding tert-OH is 1. The summed E-state index contributed by atoms with van der Waals surface area (Å²) < 4.78 is 0. The van der Waals surface area contributed by atoms with Gasteiger partial charge in [0.1, 0.15) is 0 Å². The van der Waals surface area contributed by atoms with Crippen LogP contribution in [0.5, 0.6) is 0 Å². The first-order valence-electron chi connectivity index (χ1n) is 5.27. The van der Waals surface area contributed by atoms with Crippen molar-refractivity contribution in [3.8, 4) is 0 Å². The number of benzene rings is 1. The van der Waals surface area contributed by atoms with Gasteiger partial charge >= 0.3 is 0 Å². The second-order valence-corrected chi connectivity index (χ2v) is 4.74. The molecule has 1 N–H and O–H groups in total. The van der Waals surface area contributed by atoms with Gasteiger partial charge in [-0.15, -0.1) is 0 Å². The Morgan fingerprint density at radius 1 is 1.60 bits per heavy atom. The molecule has 1 aromatic rings. The number of rotatable bonds is 2. The zero-order chi connectivity index (χ0) is 11.0. The molecule has 0 fully saturated rings. The van der Waals surface area contributed by atoms with Crippen LogP contribution in [0.15, 0.2) is 18.2 Å². The molecule has 0 aromatic heterocycles. The fourth-order valence-electron chi connectivity index (χ4n) is 2.39. The molecule has 2 nitrogen and oxygen atoms in total. The molecule has 0 saturated heterocycles. The zero-order valence-electron chi connectivity index (χ0n) is 9.07. The summed E-state index contributed by atoms with van der Waals surface area (Å²) in [5, 5.41) is 10.3. The number of nitrogens with zero attached hydrogens (tertiary/aromatic N) is 1. The van der Waals surface area contributed by atoms with Gasteiger partial charge in [-0.1, -0.05) is 17.7 Å². The van der Waals surface area contributed by atoms with Gasteiger partial charge < -0.3 is 10.0 Å². The van der Waals surface area contributed by atoms with Crippen LogP contribution in [-0.4, -0.2) is 24.8 Å². The molecule has 1 aliphatic rings. The predicted octanol–water partition coefficient (Wildman–Crippen LogP) is 2.64. The summed E-state index contributed by atoms with van der Waals surface area (Å²) in [6, 6.07) is 5.99. The average molecular weight is 226 g/mol. The maximum atomic E-state index is 9.45. The molecule has 0 bridgehead atoms. The highest BCUT2D eigenvalue weighted by Gasteiger charge is 2.29. The Morgan fingerprint density at radius 3 is 3.00 bits per heavy atom. The van der Waals surface area contributed by atoms with Gasteiger partial charge in [-0.05, 0) is 31.0 Å². The Bertz CT molecular complexity index is 363. The lowest BCUT2D eigenvalue weighted by molar-refractivity contribution is 0.176. The largest absolute Gasteiger partial charge is 0.393 e. The van der Waals surface area contributed by atoms with Crippen LogP contribution >= 0.6 is 11.6 Å². The summed E-state index contributed by atoms with van der Waals surface area (Å²) in [7, 11) is 2.07. The molecule has 2 atom stereocenters. The summed E-state index contributed by atoms with van der Waals surface area (Å²) in [6.45, 7) is 2.78. The van der Waals surface area contributed by atoms with Gasteiger partial charge in [0.15, 0.2) is 0 Å². The zero-order valence-corrected chi connectivity index (χ0v) is 9.83. The molecule has 82 valence electrons. The topological polar surface area (TPSA) is 23.5 Å². The van der Waals surface area contributed by atoms with Crippen molar-refractivity contribution in [1.29, 1.82) is 0 Å². The lowest BCUT2D eigenvalue weighted by atomic mass is 9.95. The van der Waals surface area contributed by atoms with Gasteiger partial charge in [0.05, 0.1) is 6.10 Å². The molecule has 3 heteroatoms. The van der Waals surface area contributed by atoms with E-state index in [0.29, 0.717) is 5.92 Å². The van der Waals surface area contributed by atoms with Crippen molar-refractivity contribution in [2.24, 2.45) is 0 Å². The number of anilines is 1. The van der Waals surface area contributed by atoms with Gasteiger partial charge in [0.25, 0.3) is 0 Å². The maximum absolute atomic E-state index is 9.45. The van der Waals surface area contributed by atoms with E-state index in [-0.39, 0.29) is 6.10 Å². The van der Waals surface area contributed by atoms with Crippen LogP contribution in [0.2, 0.25) is 5.02 Å². The average Bonchev–Trinajstić information content (AvgIpc) is 2.44. The van der Waals surface area contributed by atoms with E-state index in [0.717, 1.165) is 18.0 Å². The molecule has 2 unspecified atom stereocenters. The van der Waals surface area contributed by atoms with Gasteiger partial charge in [0, 0.05) is 30.2 Å². The monoisotopic (exact) mass is 225 g/mol. The molecule has 1 aliphatic heterocycles. The second-order valence-electron chi connectivity index (χ2n) is 4.33. The van der Waals surface area contributed by atoms with Crippen LogP contribution in [0.1, 0.15) is 24.8 Å². The second kappa shape index (κ2) is 4.03. The van der Waals surface area contributed by atoms with Gasteiger partial charge in [-0.3, -0.25) is 0 Å². The standard InChI is InChI=1S/C12H16ClNO/c1-8(15)6-9-7-14(2)11-5-3-4-10(13)12(9)11/h3-5,8-9,15H,6-7H2,1-2H3. The van der Waals surface area contributed by atoms with Gasteiger partial charge in [-0.2, -0.15) is 0 Å². The van der Waals surface area contributed by atoms with E-state index < -0.39 is 0 Å². The highest BCUT2D eigenvalue weighted by atomic mass is 35.5. The van der Waals surface area contributed by atoms with E-state index >= 15 is 0 Å². The van der Waals surface area contributed by atoms with Crippen LogP contribution in [0, 0.1) is 0 Å². The first-order valence-corrected chi connectivity index (χ1v) is 5.65. The molecule has 0 aliphatic carbocycles. The fraction of sp³-hybridized carbons (Fsp3) is 0.500. The van der Waals surface area contributed by atoms with Crippen molar-refractivity contribution in [3.05, 3.63) is 28.8 Å². The van der Waals surface area contributed by atoms with E-state index in [1.54, 1.807) is 0 Å². The molecule has 1 heterocycles. The summed E-state index contributed by atoms with van der Waals surface area (Å²) in [4.78, 5) is 2.20. The van der Waals surface area contributed by atoms with Crippen molar-refractivity contribution >= 4 is 17.3 Å². The lowest BCUT2D eigenvalue weighted by Gasteiger charge is -2.14. The van der Waals surface area contributed by atoms with Crippen molar-refractivity contribution in [1.82, 2.24) is 0 Å². The molecule has 15 heavy (non-hydrogen) atoms. The van der Waals surface area contributed by atoms with Crippen LogP contribution in [0.25, 0.3) is 0 Å². The summed E-state index contributed by atoms with van der Waals surface area (Å²) in [6.07, 6.45) is 0.506. The van der Waals surface area contributed by atoms with Crippen LogP contribution in [-0.2, 0) is 0 Å². The number of hydrogen-bond acceptors (Lipinski definition) is 2. The molecule has 2 rings (SSSR count). The Morgan fingerprint density at radius 2 is 2.33 bits per heavy atom. The van der Waals surface area contributed by atoms with Crippen LogP contribution in [0.3, 0.4) is 0 Å². The molecule has 0 spiro atoms. The SMILES string of the molecule is CC(O)CC1CN(C)c2cccc(Cl)c21. The molecule has 0 saturated carbocycles. The Labute approximate surface area is 95.5 Å². The molecular weight excluding hydrogens is 210 g/mol. The highest BCUT2D eigenvalue weighted by molar-refractivity contribution is 6.32. The third-order valence-electron chi connectivity index (χ3n) is 2.97. The first-order chi connectivity index (χ1) is 7.09. The van der Waals surface area contributed by atoms with Gasteiger partial charge in [0.2, 0.25) is 0 Å². The van der Waals surface area contributed by atoms with E-state index in [2.05, 4.69) is 18.0 Å². The number of hydrogen-bond donors (Lipinski definition) is 1. The summed E-state index contributed by atoms with van der Waals surface area (Å²) in [5.74, 6) is 0.360. The number of likely N-dealkylation sites (N-methyl/N-ethyl adjacent to an activating group) is 1. The minimum Gasteiger partial charge on any atom is -0.393 e. The summed E-state index contributed by atoms with van der Waals surface area (Å²) >= 11 is 6.20. The Balaban J connectivity index is 2.35. The number of halogens is 1. The van der Waals surface area contributed by atoms with E-state index in [4.69, 9.17) is 11.6 Å². The lowest BCUT2D eigenvalue weighted by Crippen LogP contribution is -2.17. The third-order valence-corrected chi connectivity index (χ3v) is 3.30. The molecule has 0 radical (unpaired) electrons. The van der Waals surface area contributed by atoms with Crippen molar-refractivity contribution in [2.75, 3.05) is 18.5 Å². The highest BCUT2D eigenvalue weighted by Crippen LogP contribution is 2.41. The van der Waals surface area contributed by atoms with Gasteiger partial charge in [-0.25, -0.2) is 0 Å². The predicted molar refractivity (Wildman–Crippen MR) is 63.8 cm³/mol. The maximum Gasteiger partial charge on any atom is 0.0518 e.